The van der Waals surface area contributed by atoms with Crippen molar-refractivity contribution in [1.29, 1.82) is 0 Å². The number of rotatable bonds is 2. The fraction of sp³-hybridized carbons (Fsp3) is 0.417. The average Bonchev–Trinajstić information content (AvgIpc) is 3.28. The average molecular weight is 408 g/mol. The molecule has 30 heavy (non-hydrogen) atoms. The number of fused-ring (bicyclic) bond motifs is 1. The van der Waals surface area contributed by atoms with Gasteiger partial charge in [0, 0.05) is 24.9 Å². The Kier molecular flexibility index (Phi) is 4.53. The molecule has 3 heterocycles. The monoisotopic (exact) mass is 408 g/mol. The first kappa shape index (κ1) is 19.1. The topological polar surface area (TPSA) is 58.6 Å². The van der Waals surface area contributed by atoms with Crippen LogP contribution in [0.15, 0.2) is 42.5 Å². The van der Waals surface area contributed by atoms with Crippen molar-refractivity contribution in [2.24, 2.45) is 0 Å². The number of likely N-dealkylation sites (tertiary alicyclic amines) is 1. The number of amides is 2. The standard InChI is InChI=1S/C24H25FN2O3/c1-15-12-18-13-17(6-7-20(18)30-15)23(29)27-11-3-9-24(10-8-21(28)26-24)22(27)16-4-2-5-19(25)14-16/h2,4-7,13-15,22H,3,8-12H2,1H3,(H,26,28)/t15-,22-,24+/m1/s1. The molecule has 6 heteroatoms. The van der Waals surface area contributed by atoms with Gasteiger partial charge in [0.05, 0.1) is 11.6 Å². The van der Waals surface area contributed by atoms with Gasteiger partial charge < -0.3 is 15.0 Å². The van der Waals surface area contributed by atoms with Crippen LogP contribution in [0.3, 0.4) is 0 Å². The Morgan fingerprint density at radius 3 is 2.87 bits per heavy atom. The molecule has 0 bridgehead atoms. The highest BCUT2D eigenvalue weighted by molar-refractivity contribution is 5.95. The third-order valence-corrected chi connectivity index (χ3v) is 6.61. The van der Waals surface area contributed by atoms with Gasteiger partial charge in [0.15, 0.2) is 0 Å². The predicted octanol–water partition coefficient (Wildman–Crippen LogP) is 3.78. The van der Waals surface area contributed by atoms with Gasteiger partial charge in [0.2, 0.25) is 5.91 Å². The summed E-state index contributed by atoms with van der Waals surface area (Å²) >= 11 is 0. The van der Waals surface area contributed by atoms with Crippen LogP contribution in [0.4, 0.5) is 4.39 Å². The summed E-state index contributed by atoms with van der Waals surface area (Å²) in [6.45, 7) is 2.58. The molecule has 2 aromatic rings. The summed E-state index contributed by atoms with van der Waals surface area (Å²) < 4.78 is 19.9. The van der Waals surface area contributed by atoms with Gasteiger partial charge in [-0.25, -0.2) is 4.39 Å². The highest BCUT2D eigenvalue weighted by Gasteiger charge is 2.51. The summed E-state index contributed by atoms with van der Waals surface area (Å²) in [5.74, 6) is 0.397. The number of carbonyl (C=O) groups is 2. The molecule has 3 aliphatic heterocycles. The van der Waals surface area contributed by atoms with Crippen molar-refractivity contribution in [3.8, 4) is 5.75 Å². The van der Waals surface area contributed by atoms with Crippen LogP contribution < -0.4 is 10.1 Å². The van der Waals surface area contributed by atoms with Gasteiger partial charge in [0.1, 0.15) is 17.7 Å². The Morgan fingerprint density at radius 1 is 1.23 bits per heavy atom. The van der Waals surface area contributed by atoms with Crippen molar-refractivity contribution in [2.75, 3.05) is 6.54 Å². The van der Waals surface area contributed by atoms with E-state index in [-0.39, 0.29) is 23.7 Å². The van der Waals surface area contributed by atoms with E-state index in [0.717, 1.165) is 36.1 Å². The van der Waals surface area contributed by atoms with Crippen LogP contribution in [0.25, 0.3) is 0 Å². The van der Waals surface area contributed by atoms with Gasteiger partial charge in [-0.1, -0.05) is 12.1 Å². The summed E-state index contributed by atoms with van der Waals surface area (Å²) in [6.07, 6.45) is 3.54. The molecule has 156 valence electrons. The first-order valence-corrected chi connectivity index (χ1v) is 10.6. The zero-order valence-electron chi connectivity index (χ0n) is 17.0. The maximum atomic E-state index is 14.1. The van der Waals surface area contributed by atoms with Gasteiger partial charge in [-0.2, -0.15) is 0 Å². The molecule has 1 spiro atoms. The number of nitrogens with zero attached hydrogens (tertiary/aromatic N) is 1. The molecule has 0 saturated carbocycles. The molecular weight excluding hydrogens is 383 g/mol. The van der Waals surface area contributed by atoms with Crippen molar-refractivity contribution in [2.45, 2.75) is 56.7 Å². The predicted molar refractivity (Wildman–Crippen MR) is 110 cm³/mol. The minimum Gasteiger partial charge on any atom is -0.490 e. The van der Waals surface area contributed by atoms with Crippen LogP contribution >= 0.6 is 0 Å². The number of halogens is 1. The van der Waals surface area contributed by atoms with Crippen molar-refractivity contribution >= 4 is 11.8 Å². The first-order valence-electron chi connectivity index (χ1n) is 10.6. The van der Waals surface area contributed by atoms with Gasteiger partial charge in [-0.15, -0.1) is 0 Å². The summed E-state index contributed by atoms with van der Waals surface area (Å²) in [7, 11) is 0. The molecule has 2 amide bonds. The fourth-order valence-electron chi connectivity index (χ4n) is 5.38. The number of piperidine rings is 1. The van der Waals surface area contributed by atoms with Gasteiger partial charge in [0.25, 0.3) is 5.91 Å². The summed E-state index contributed by atoms with van der Waals surface area (Å²) in [5, 5.41) is 3.15. The van der Waals surface area contributed by atoms with Gasteiger partial charge >= 0.3 is 0 Å². The minimum atomic E-state index is -0.548. The summed E-state index contributed by atoms with van der Waals surface area (Å²) in [6, 6.07) is 11.6. The third-order valence-electron chi connectivity index (χ3n) is 6.61. The van der Waals surface area contributed by atoms with E-state index in [1.165, 1.54) is 12.1 Å². The van der Waals surface area contributed by atoms with Crippen LogP contribution in [0.2, 0.25) is 0 Å². The Balaban J connectivity index is 1.55. The van der Waals surface area contributed by atoms with E-state index in [0.29, 0.717) is 24.9 Å². The summed E-state index contributed by atoms with van der Waals surface area (Å²) in [5.41, 5.74) is 1.82. The van der Waals surface area contributed by atoms with E-state index in [1.807, 2.05) is 30.0 Å². The van der Waals surface area contributed by atoms with E-state index in [1.54, 1.807) is 12.1 Å². The highest BCUT2D eigenvalue weighted by Crippen LogP contribution is 2.45. The molecule has 3 atom stereocenters. The van der Waals surface area contributed by atoms with E-state index >= 15 is 0 Å². The van der Waals surface area contributed by atoms with Crippen molar-refractivity contribution in [3.05, 3.63) is 65.0 Å². The third kappa shape index (κ3) is 3.15. The fourth-order valence-corrected chi connectivity index (χ4v) is 5.38. The van der Waals surface area contributed by atoms with Gasteiger partial charge in [-0.3, -0.25) is 9.59 Å². The molecule has 5 rings (SSSR count). The van der Waals surface area contributed by atoms with Gasteiger partial charge in [-0.05, 0) is 67.6 Å². The largest absolute Gasteiger partial charge is 0.490 e. The first-order chi connectivity index (χ1) is 14.4. The minimum absolute atomic E-state index is 0.00521. The molecule has 5 nitrogen and oxygen atoms in total. The second kappa shape index (κ2) is 7.11. The summed E-state index contributed by atoms with van der Waals surface area (Å²) in [4.78, 5) is 27.6. The lowest BCUT2D eigenvalue weighted by atomic mass is 9.76. The Hall–Kier alpha value is -2.89. The smallest absolute Gasteiger partial charge is 0.254 e. The van der Waals surface area contributed by atoms with Crippen molar-refractivity contribution < 1.29 is 18.7 Å². The number of benzene rings is 2. The quantitative estimate of drug-likeness (QED) is 0.823. The second-order valence-electron chi connectivity index (χ2n) is 8.72. The molecule has 2 saturated heterocycles. The molecule has 0 radical (unpaired) electrons. The number of carbonyl (C=O) groups excluding carboxylic acids is 2. The van der Waals surface area contributed by atoms with Crippen molar-refractivity contribution in [3.63, 3.8) is 0 Å². The van der Waals surface area contributed by atoms with Crippen LogP contribution in [0, 0.1) is 5.82 Å². The molecule has 0 aromatic heterocycles. The lowest BCUT2D eigenvalue weighted by Crippen LogP contribution is -2.58. The van der Waals surface area contributed by atoms with E-state index in [2.05, 4.69) is 5.32 Å². The lowest BCUT2D eigenvalue weighted by molar-refractivity contribution is -0.120. The van der Waals surface area contributed by atoms with Crippen LogP contribution in [-0.4, -0.2) is 34.9 Å². The Labute approximate surface area is 175 Å². The normalized spacial score (nSPS) is 27.7. The SMILES string of the molecule is C[C@@H]1Cc2cc(C(=O)N3CCC[C@]4(CCC(=O)N4)[C@H]3c3cccc(F)c3)ccc2O1. The number of nitrogens with one attached hydrogen (secondary N) is 1. The highest BCUT2D eigenvalue weighted by atomic mass is 19.1. The Bertz CT molecular complexity index is 1020. The van der Waals surface area contributed by atoms with Crippen LogP contribution in [-0.2, 0) is 11.2 Å². The number of ether oxygens (including phenoxy) is 1. The van der Waals surface area contributed by atoms with Crippen LogP contribution in [0.1, 0.15) is 60.1 Å². The molecule has 0 unspecified atom stereocenters. The second-order valence-corrected chi connectivity index (χ2v) is 8.72. The zero-order valence-corrected chi connectivity index (χ0v) is 17.0. The van der Waals surface area contributed by atoms with E-state index in [4.69, 9.17) is 4.74 Å². The molecule has 0 aliphatic carbocycles. The van der Waals surface area contributed by atoms with Crippen LogP contribution in [0.5, 0.6) is 5.75 Å². The van der Waals surface area contributed by atoms with Crippen molar-refractivity contribution in [1.82, 2.24) is 10.2 Å². The molecule has 1 N–H and O–H groups in total. The lowest BCUT2D eigenvalue weighted by Gasteiger charge is -2.48. The zero-order chi connectivity index (χ0) is 20.9. The molecule has 2 fully saturated rings. The molecular formula is C24H25FN2O3. The molecule has 2 aromatic carbocycles. The number of hydrogen-bond donors (Lipinski definition) is 1. The van der Waals surface area contributed by atoms with E-state index < -0.39 is 11.6 Å². The Morgan fingerprint density at radius 2 is 2.10 bits per heavy atom. The molecule has 3 aliphatic rings. The van der Waals surface area contributed by atoms with E-state index in [9.17, 15) is 14.0 Å². The number of hydrogen-bond acceptors (Lipinski definition) is 3. The maximum Gasteiger partial charge on any atom is 0.254 e. The maximum absolute atomic E-state index is 14.1.